The molecule has 178 valence electrons. The fourth-order valence-corrected chi connectivity index (χ4v) is 5.16. The van der Waals surface area contributed by atoms with Crippen LogP contribution < -0.4 is 0 Å². The number of carbonyl (C=O) groups excluding carboxylic acids is 2. The van der Waals surface area contributed by atoms with E-state index in [4.69, 9.17) is 4.74 Å². The van der Waals surface area contributed by atoms with Crippen LogP contribution in [0.5, 0.6) is 0 Å². The first kappa shape index (κ1) is 23.8. The third-order valence-corrected chi connectivity index (χ3v) is 7.07. The Balaban J connectivity index is 1.71. The number of methoxy groups -OCH3 is 1. The van der Waals surface area contributed by atoms with E-state index >= 15 is 0 Å². The number of carbonyl (C=O) groups is 2. The van der Waals surface area contributed by atoms with Crippen molar-refractivity contribution in [2.45, 2.75) is 59.8 Å². The van der Waals surface area contributed by atoms with E-state index in [9.17, 15) is 9.59 Å². The molecular formula is C29H34N2O3. The Morgan fingerprint density at radius 1 is 1.12 bits per heavy atom. The number of amides is 1. The largest absolute Gasteiger partial charge is 0.465 e. The molecule has 1 aliphatic heterocycles. The van der Waals surface area contributed by atoms with E-state index in [-0.39, 0.29) is 5.91 Å². The van der Waals surface area contributed by atoms with Gasteiger partial charge < -0.3 is 14.2 Å². The number of para-hydroxylation sites is 1. The average molecular weight is 459 g/mol. The van der Waals surface area contributed by atoms with Crippen molar-refractivity contribution in [1.29, 1.82) is 0 Å². The van der Waals surface area contributed by atoms with Gasteiger partial charge in [0, 0.05) is 29.3 Å². The number of aromatic nitrogens is 1. The molecule has 0 radical (unpaired) electrons. The minimum atomic E-state index is -0.468. The molecule has 1 aliphatic carbocycles. The Bertz CT molecular complexity index is 1230. The van der Waals surface area contributed by atoms with Crippen LogP contribution in [0.4, 0.5) is 0 Å². The van der Waals surface area contributed by atoms with Crippen molar-refractivity contribution in [2.75, 3.05) is 13.7 Å². The summed E-state index contributed by atoms with van der Waals surface area (Å²) in [4.78, 5) is 28.0. The quantitative estimate of drug-likeness (QED) is 0.305. The normalized spacial score (nSPS) is 17.6. The van der Waals surface area contributed by atoms with Crippen molar-refractivity contribution in [1.82, 2.24) is 9.47 Å². The third-order valence-electron chi connectivity index (χ3n) is 7.07. The number of ether oxygens (including phenoxy) is 1. The molecule has 34 heavy (non-hydrogen) atoms. The van der Waals surface area contributed by atoms with Gasteiger partial charge in [-0.2, -0.15) is 0 Å². The Hall–Kier alpha value is -3.34. The van der Waals surface area contributed by atoms with Gasteiger partial charge >= 0.3 is 5.97 Å². The summed E-state index contributed by atoms with van der Waals surface area (Å²) >= 11 is 0. The van der Waals surface area contributed by atoms with Crippen molar-refractivity contribution in [3.05, 3.63) is 81.3 Å². The standard InChI is InChI=1S/C29H34N2O3/c1-19-11-9-10-14-26(19)31-20(2)17-24(21(31)3)18-25-27(29(33)34-5)22(4)30(28(25)32)16-15-23-12-7-6-8-13-23/h9-12,14,17-18H,6-8,13,15-16H2,1-5H3. The summed E-state index contributed by atoms with van der Waals surface area (Å²) in [5.74, 6) is -0.598. The molecule has 0 saturated carbocycles. The van der Waals surface area contributed by atoms with Crippen LogP contribution in [0.3, 0.4) is 0 Å². The molecule has 0 saturated heterocycles. The molecule has 0 fully saturated rings. The van der Waals surface area contributed by atoms with Gasteiger partial charge in [0.05, 0.1) is 18.3 Å². The van der Waals surface area contributed by atoms with Crippen molar-refractivity contribution in [2.24, 2.45) is 0 Å². The maximum Gasteiger partial charge on any atom is 0.340 e. The zero-order valence-electron chi connectivity index (χ0n) is 20.9. The molecule has 1 aromatic carbocycles. The molecule has 0 N–H and O–H groups in total. The van der Waals surface area contributed by atoms with Crippen molar-refractivity contribution in [3.63, 3.8) is 0 Å². The van der Waals surface area contributed by atoms with Gasteiger partial charge in [0.2, 0.25) is 0 Å². The van der Waals surface area contributed by atoms with Crippen LogP contribution in [-0.2, 0) is 14.3 Å². The number of aryl methyl sites for hydroxylation is 2. The van der Waals surface area contributed by atoms with Crippen LogP contribution in [0.1, 0.15) is 61.5 Å². The van der Waals surface area contributed by atoms with Gasteiger partial charge in [-0.1, -0.05) is 29.8 Å². The highest BCUT2D eigenvalue weighted by Crippen LogP contribution is 2.34. The molecule has 0 spiro atoms. The lowest BCUT2D eigenvalue weighted by Crippen LogP contribution is -2.26. The number of esters is 1. The fraction of sp³-hybridized carbons (Fsp3) is 0.379. The lowest BCUT2D eigenvalue weighted by molar-refractivity contribution is -0.136. The van der Waals surface area contributed by atoms with E-state index in [0.717, 1.165) is 41.9 Å². The second-order valence-corrected chi connectivity index (χ2v) is 9.27. The predicted molar refractivity (Wildman–Crippen MR) is 136 cm³/mol. The summed E-state index contributed by atoms with van der Waals surface area (Å²) in [6, 6.07) is 10.3. The van der Waals surface area contributed by atoms with Crippen LogP contribution in [0.2, 0.25) is 0 Å². The van der Waals surface area contributed by atoms with Crippen molar-refractivity contribution >= 4 is 18.0 Å². The molecule has 2 heterocycles. The van der Waals surface area contributed by atoms with Crippen LogP contribution in [0.15, 0.2) is 58.8 Å². The molecule has 2 aliphatic rings. The number of hydrogen-bond acceptors (Lipinski definition) is 3. The van der Waals surface area contributed by atoms with Gasteiger partial charge in [-0.3, -0.25) is 4.79 Å². The van der Waals surface area contributed by atoms with Gasteiger partial charge in [0.1, 0.15) is 0 Å². The van der Waals surface area contributed by atoms with Gasteiger partial charge in [-0.15, -0.1) is 0 Å². The zero-order chi connectivity index (χ0) is 24.4. The van der Waals surface area contributed by atoms with Crippen molar-refractivity contribution in [3.8, 4) is 5.69 Å². The highest BCUT2D eigenvalue weighted by atomic mass is 16.5. The zero-order valence-corrected chi connectivity index (χ0v) is 20.9. The summed E-state index contributed by atoms with van der Waals surface area (Å²) in [5.41, 5.74) is 8.17. The maximum atomic E-state index is 13.5. The molecule has 0 unspecified atom stereocenters. The minimum absolute atomic E-state index is 0.130. The summed E-state index contributed by atoms with van der Waals surface area (Å²) in [5, 5.41) is 0. The number of rotatable bonds is 6. The smallest absolute Gasteiger partial charge is 0.340 e. The third kappa shape index (κ3) is 4.39. The van der Waals surface area contributed by atoms with E-state index in [1.54, 1.807) is 4.90 Å². The first-order valence-electron chi connectivity index (χ1n) is 12.1. The Morgan fingerprint density at radius 2 is 1.88 bits per heavy atom. The molecule has 0 bridgehead atoms. The second kappa shape index (κ2) is 9.88. The Kier molecular flexibility index (Phi) is 6.92. The molecule has 5 heteroatoms. The minimum Gasteiger partial charge on any atom is -0.465 e. The van der Waals surface area contributed by atoms with E-state index in [2.05, 4.69) is 42.7 Å². The average Bonchev–Trinajstić information content (AvgIpc) is 3.24. The molecule has 1 aromatic heterocycles. The summed E-state index contributed by atoms with van der Waals surface area (Å²) < 4.78 is 7.27. The van der Waals surface area contributed by atoms with E-state index in [1.807, 2.05) is 32.1 Å². The van der Waals surface area contributed by atoms with E-state index in [0.29, 0.717) is 23.4 Å². The van der Waals surface area contributed by atoms with Crippen LogP contribution in [0, 0.1) is 20.8 Å². The highest BCUT2D eigenvalue weighted by Gasteiger charge is 2.37. The molecule has 5 nitrogen and oxygen atoms in total. The van der Waals surface area contributed by atoms with E-state index < -0.39 is 5.97 Å². The summed E-state index contributed by atoms with van der Waals surface area (Å²) in [6.45, 7) is 8.62. The first-order chi connectivity index (χ1) is 16.3. The van der Waals surface area contributed by atoms with Crippen LogP contribution >= 0.6 is 0 Å². The number of allylic oxidation sites excluding steroid dienone is 2. The lowest BCUT2D eigenvalue weighted by Gasteiger charge is -2.20. The number of benzene rings is 1. The van der Waals surface area contributed by atoms with Gasteiger partial charge in [-0.05, 0) is 89.1 Å². The first-order valence-corrected chi connectivity index (χ1v) is 12.1. The predicted octanol–water partition coefficient (Wildman–Crippen LogP) is 5.97. The topological polar surface area (TPSA) is 51.5 Å². The monoisotopic (exact) mass is 458 g/mol. The lowest BCUT2D eigenvalue weighted by atomic mass is 9.97. The van der Waals surface area contributed by atoms with E-state index in [1.165, 1.54) is 31.1 Å². The molecule has 4 rings (SSSR count). The van der Waals surface area contributed by atoms with Gasteiger partial charge in [-0.25, -0.2) is 4.79 Å². The second-order valence-electron chi connectivity index (χ2n) is 9.27. The van der Waals surface area contributed by atoms with Crippen LogP contribution in [0.25, 0.3) is 11.8 Å². The number of nitrogens with zero attached hydrogens (tertiary/aromatic N) is 2. The SMILES string of the molecule is COC(=O)C1=C(C)N(CCC2=CCCCC2)C(=O)C1=Cc1cc(C)n(-c2ccccc2C)c1C. The van der Waals surface area contributed by atoms with Crippen molar-refractivity contribution < 1.29 is 14.3 Å². The highest BCUT2D eigenvalue weighted by molar-refractivity contribution is 6.16. The molecule has 2 aromatic rings. The summed E-state index contributed by atoms with van der Waals surface area (Å²) in [7, 11) is 1.37. The Labute approximate surface area is 202 Å². The van der Waals surface area contributed by atoms with Gasteiger partial charge in [0.15, 0.2) is 0 Å². The molecule has 0 atom stereocenters. The maximum absolute atomic E-state index is 13.5. The number of hydrogen-bond donors (Lipinski definition) is 0. The molecule has 1 amide bonds. The van der Waals surface area contributed by atoms with Gasteiger partial charge in [0.25, 0.3) is 5.91 Å². The Morgan fingerprint density at radius 3 is 2.56 bits per heavy atom. The van der Waals surface area contributed by atoms with Crippen LogP contribution in [-0.4, -0.2) is 35.0 Å². The fourth-order valence-electron chi connectivity index (χ4n) is 5.16. The summed E-state index contributed by atoms with van der Waals surface area (Å²) in [6.07, 6.45) is 9.67. The molecular weight excluding hydrogens is 424 g/mol.